The zero-order valence-corrected chi connectivity index (χ0v) is 10.2. The van der Waals surface area contributed by atoms with Crippen LogP contribution in [0.15, 0.2) is 17.0 Å². The molecule has 0 spiro atoms. The second-order valence-corrected chi connectivity index (χ2v) is 3.94. The van der Waals surface area contributed by atoms with Crippen LogP contribution in [0.2, 0.25) is 0 Å². The zero-order chi connectivity index (χ0) is 12.1. The Morgan fingerprint density at radius 3 is 3.00 bits per heavy atom. The van der Waals surface area contributed by atoms with Crippen LogP contribution in [0.25, 0.3) is 0 Å². The number of imidazole rings is 1. The van der Waals surface area contributed by atoms with E-state index >= 15 is 0 Å². The summed E-state index contributed by atoms with van der Waals surface area (Å²) < 4.78 is 6.73. The van der Waals surface area contributed by atoms with E-state index in [0.29, 0.717) is 6.54 Å². The van der Waals surface area contributed by atoms with E-state index in [9.17, 15) is 0 Å². The predicted octanol–water partition coefficient (Wildman–Crippen LogP) is 1.12. The summed E-state index contributed by atoms with van der Waals surface area (Å²) in [6.07, 6.45) is 4.86. The van der Waals surface area contributed by atoms with E-state index in [1.807, 2.05) is 13.1 Å². The Hall–Kier alpha value is -1.69. The lowest BCUT2D eigenvalue weighted by Gasteiger charge is -2.06. The fourth-order valence-electron chi connectivity index (χ4n) is 1.58. The second-order valence-electron chi connectivity index (χ2n) is 3.94. The van der Waals surface area contributed by atoms with Crippen molar-refractivity contribution >= 4 is 0 Å². The van der Waals surface area contributed by atoms with Gasteiger partial charge < -0.3 is 9.88 Å². The largest absolute Gasteiger partial charge is 0.328 e. The number of nitrogens with zero attached hydrogens (tertiary/aromatic N) is 4. The molecule has 0 aromatic carbocycles. The standard InChI is InChI=1S/C11H17N5O/c1-3-4-12-7-11-13-5-6-16(11)8-10-9(2)14-17-15-10/h5-6,12H,3-4,7-8H2,1-2H3. The minimum Gasteiger partial charge on any atom is -0.328 e. The van der Waals surface area contributed by atoms with Crippen molar-refractivity contribution in [3.63, 3.8) is 0 Å². The molecule has 2 aromatic rings. The molecule has 0 aliphatic rings. The summed E-state index contributed by atoms with van der Waals surface area (Å²) >= 11 is 0. The Kier molecular flexibility index (Phi) is 3.87. The van der Waals surface area contributed by atoms with Gasteiger partial charge in [0.25, 0.3) is 0 Å². The Labute approximate surface area is 100 Å². The molecule has 0 unspecified atom stereocenters. The molecule has 17 heavy (non-hydrogen) atoms. The monoisotopic (exact) mass is 235 g/mol. The van der Waals surface area contributed by atoms with Gasteiger partial charge in [-0.1, -0.05) is 17.2 Å². The first-order chi connectivity index (χ1) is 8.31. The van der Waals surface area contributed by atoms with Crippen molar-refractivity contribution in [1.82, 2.24) is 25.2 Å². The first-order valence-corrected chi connectivity index (χ1v) is 5.80. The molecule has 0 amide bonds. The molecule has 2 heterocycles. The molecule has 0 aliphatic carbocycles. The van der Waals surface area contributed by atoms with Crippen molar-refractivity contribution in [1.29, 1.82) is 0 Å². The molecule has 0 atom stereocenters. The average molecular weight is 235 g/mol. The predicted molar refractivity (Wildman–Crippen MR) is 62.4 cm³/mol. The Balaban J connectivity index is 2.01. The van der Waals surface area contributed by atoms with Crippen molar-refractivity contribution in [3.05, 3.63) is 29.6 Å². The van der Waals surface area contributed by atoms with Gasteiger partial charge in [0, 0.05) is 12.4 Å². The lowest BCUT2D eigenvalue weighted by molar-refractivity contribution is 0.300. The summed E-state index contributed by atoms with van der Waals surface area (Å²) in [4.78, 5) is 4.32. The van der Waals surface area contributed by atoms with Crippen LogP contribution in [0.5, 0.6) is 0 Å². The molecule has 92 valence electrons. The first-order valence-electron chi connectivity index (χ1n) is 5.80. The molecular formula is C11H17N5O. The highest BCUT2D eigenvalue weighted by atomic mass is 16.6. The molecule has 2 aromatic heterocycles. The lowest BCUT2D eigenvalue weighted by Crippen LogP contribution is -2.18. The summed E-state index contributed by atoms with van der Waals surface area (Å²) in [5.41, 5.74) is 1.67. The first kappa shape index (κ1) is 11.8. The number of nitrogens with one attached hydrogen (secondary N) is 1. The molecule has 6 nitrogen and oxygen atoms in total. The topological polar surface area (TPSA) is 68.8 Å². The van der Waals surface area contributed by atoms with Crippen LogP contribution in [-0.4, -0.2) is 26.4 Å². The average Bonchev–Trinajstić information content (AvgIpc) is 2.91. The van der Waals surface area contributed by atoms with Crippen LogP contribution >= 0.6 is 0 Å². The maximum Gasteiger partial charge on any atom is 0.127 e. The van der Waals surface area contributed by atoms with E-state index in [1.54, 1.807) is 6.20 Å². The molecule has 6 heteroatoms. The van der Waals surface area contributed by atoms with Crippen molar-refractivity contribution in [2.24, 2.45) is 0 Å². The highest BCUT2D eigenvalue weighted by Gasteiger charge is 2.08. The maximum atomic E-state index is 4.68. The normalized spacial score (nSPS) is 10.9. The molecule has 0 saturated heterocycles. The number of aromatic nitrogens is 4. The molecule has 0 bridgehead atoms. The number of hydrogen-bond donors (Lipinski definition) is 1. The third-order valence-corrected chi connectivity index (χ3v) is 2.58. The van der Waals surface area contributed by atoms with E-state index in [-0.39, 0.29) is 0 Å². The van der Waals surface area contributed by atoms with Gasteiger partial charge in [0.2, 0.25) is 0 Å². The van der Waals surface area contributed by atoms with E-state index in [4.69, 9.17) is 0 Å². The van der Waals surface area contributed by atoms with Crippen LogP contribution in [0.3, 0.4) is 0 Å². The smallest absolute Gasteiger partial charge is 0.127 e. The van der Waals surface area contributed by atoms with Crippen molar-refractivity contribution in [3.8, 4) is 0 Å². The Bertz CT molecular complexity index is 462. The second kappa shape index (κ2) is 5.58. The van der Waals surface area contributed by atoms with Gasteiger partial charge in [-0.3, -0.25) is 0 Å². The highest BCUT2D eigenvalue weighted by molar-refractivity contribution is 5.07. The van der Waals surface area contributed by atoms with E-state index in [2.05, 4.69) is 36.7 Å². The number of rotatable bonds is 6. The molecule has 0 saturated carbocycles. The van der Waals surface area contributed by atoms with Gasteiger partial charge in [-0.25, -0.2) is 9.61 Å². The van der Waals surface area contributed by atoms with Crippen LogP contribution in [-0.2, 0) is 13.1 Å². The maximum absolute atomic E-state index is 4.68. The van der Waals surface area contributed by atoms with Gasteiger partial charge in [-0.05, 0) is 19.9 Å². The third-order valence-electron chi connectivity index (χ3n) is 2.58. The lowest BCUT2D eigenvalue weighted by atomic mass is 10.3. The number of hydrogen-bond acceptors (Lipinski definition) is 5. The van der Waals surface area contributed by atoms with Gasteiger partial charge in [-0.2, -0.15) is 0 Å². The zero-order valence-electron chi connectivity index (χ0n) is 10.2. The Morgan fingerprint density at radius 1 is 1.41 bits per heavy atom. The van der Waals surface area contributed by atoms with Crippen molar-refractivity contribution in [2.45, 2.75) is 33.4 Å². The minimum atomic E-state index is 0.651. The van der Waals surface area contributed by atoms with Crippen LogP contribution in [0, 0.1) is 6.92 Å². The number of aryl methyl sites for hydroxylation is 1. The molecule has 2 rings (SSSR count). The minimum absolute atomic E-state index is 0.651. The van der Waals surface area contributed by atoms with Crippen LogP contribution < -0.4 is 5.32 Å². The summed E-state index contributed by atoms with van der Waals surface area (Å²) in [6.45, 7) is 6.45. The van der Waals surface area contributed by atoms with E-state index in [1.165, 1.54) is 0 Å². The van der Waals surface area contributed by atoms with Gasteiger partial charge in [0.1, 0.15) is 17.2 Å². The molecule has 0 aliphatic heterocycles. The summed E-state index contributed by atoms with van der Waals surface area (Å²) in [7, 11) is 0. The van der Waals surface area contributed by atoms with Gasteiger partial charge in [0.15, 0.2) is 0 Å². The van der Waals surface area contributed by atoms with E-state index in [0.717, 1.165) is 36.7 Å². The molecule has 0 radical (unpaired) electrons. The van der Waals surface area contributed by atoms with Crippen LogP contribution in [0.4, 0.5) is 0 Å². The fourth-order valence-corrected chi connectivity index (χ4v) is 1.58. The highest BCUT2D eigenvalue weighted by Crippen LogP contribution is 2.06. The molecule has 1 N–H and O–H groups in total. The van der Waals surface area contributed by atoms with Gasteiger partial charge >= 0.3 is 0 Å². The van der Waals surface area contributed by atoms with Gasteiger partial charge in [-0.15, -0.1) is 0 Å². The summed E-state index contributed by atoms with van der Waals surface area (Å²) in [6, 6.07) is 0. The van der Waals surface area contributed by atoms with Gasteiger partial charge in [0.05, 0.1) is 13.1 Å². The molecule has 0 fully saturated rings. The van der Waals surface area contributed by atoms with Crippen molar-refractivity contribution < 1.29 is 4.63 Å². The SMILES string of the molecule is CCCNCc1nccn1Cc1nonc1C. The third kappa shape index (κ3) is 2.91. The Morgan fingerprint density at radius 2 is 2.29 bits per heavy atom. The summed E-state index contributed by atoms with van der Waals surface area (Å²) in [5.74, 6) is 1.00. The quantitative estimate of drug-likeness (QED) is 0.760. The van der Waals surface area contributed by atoms with E-state index < -0.39 is 0 Å². The van der Waals surface area contributed by atoms with Crippen molar-refractivity contribution in [2.75, 3.05) is 6.54 Å². The van der Waals surface area contributed by atoms with Crippen LogP contribution in [0.1, 0.15) is 30.6 Å². The molecular weight excluding hydrogens is 218 g/mol. The fraction of sp³-hybridized carbons (Fsp3) is 0.545. The summed E-state index contributed by atoms with van der Waals surface area (Å²) in [5, 5.41) is 11.0.